The molecule has 4 aromatic rings. The van der Waals surface area contributed by atoms with Gasteiger partial charge in [-0.2, -0.15) is 0 Å². The van der Waals surface area contributed by atoms with Gasteiger partial charge in [-0.25, -0.2) is 4.79 Å². The number of phenols is 3. The van der Waals surface area contributed by atoms with Crippen LogP contribution in [0.15, 0.2) is 60.7 Å². The lowest BCUT2D eigenvalue weighted by Gasteiger charge is -2.22. The molecule has 0 amide bonds. The Morgan fingerprint density at radius 2 is 0.681 bits per heavy atom. The fourth-order valence-electron chi connectivity index (χ4n) is 9.58. The monoisotopic (exact) mass is 985 g/mol. The molecule has 0 atom stereocenters. The van der Waals surface area contributed by atoms with Gasteiger partial charge in [-0.15, -0.1) is 0 Å². The van der Waals surface area contributed by atoms with Crippen molar-refractivity contribution in [3.63, 3.8) is 0 Å². The number of ketones is 4. The molecule has 0 spiro atoms. The van der Waals surface area contributed by atoms with Gasteiger partial charge in [-0.05, 0) is 126 Å². The lowest BCUT2D eigenvalue weighted by atomic mass is 9.86. The van der Waals surface area contributed by atoms with Crippen LogP contribution in [0.1, 0.15) is 249 Å². The van der Waals surface area contributed by atoms with Crippen LogP contribution in [-0.4, -0.2) is 57.6 Å². The van der Waals surface area contributed by atoms with Gasteiger partial charge in [0.15, 0.2) is 23.1 Å². The molecule has 0 saturated carbocycles. The summed E-state index contributed by atoms with van der Waals surface area (Å²) in [5.41, 5.74) is 5.06. The average Bonchev–Trinajstić information content (AvgIpc) is 3.36. The number of fused-ring (bicyclic) bond motifs is 8. The molecule has 0 aliphatic heterocycles. The number of hydrogen-bond donors (Lipinski definition) is 3. The van der Waals surface area contributed by atoms with Crippen LogP contribution in [0.5, 0.6) is 23.0 Å². The van der Waals surface area contributed by atoms with Gasteiger partial charge >= 0.3 is 5.97 Å². The second kappa shape index (κ2) is 28.9. The molecule has 3 N–H and O–H groups in total. The number of esters is 1. The lowest BCUT2D eigenvalue weighted by molar-refractivity contribution is -0.139. The molecule has 10 heteroatoms. The second-order valence-corrected chi connectivity index (χ2v) is 20.0. The van der Waals surface area contributed by atoms with E-state index in [1.165, 1.54) is 0 Å². The Hall–Kier alpha value is -6.03. The smallest absolute Gasteiger partial charge is 0.333 e. The summed E-state index contributed by atoms with van der Waals surface area (Å²) >= 11 is 0. The molecule has 0 aromatic heterocycles. The maximum atomic E-state index is 14.2. The minimum absolute atomic E-state index is 0.00165. The Balaban J connectivity index is 1.81. The maximum absolute atomic E-state index is 14.2. The van der Waals surface area contributed by atoms with E-state index in [4.69, 9.17) is 9.47 Å². The van der Waals surface area contributed by atoms with Gasteiger partial charge in [0.1, 0.15) is 36.2 Å². The van der Waals surface area contributed by atoms with E-state index in [-0.39, 0.29) is 84.9 Å². The largest absolute Gasteiger partial charge is 0.507 e. The Labute approximate surface area is 428 Å². The van der Waals surface area contributed by atoms with Crippen LogP contribution < -0.4 is 4.74 Å². The number of ether oxygens (including phenoxy) is 2. The van der Waals surface area contributed by atoms with E-state index in [9.17, 15) is 39.3 Å². The maximum Gasteiger partial charge on any atom is 0.333 e. The van der Waals surface area contributed by atoms with Gasteiger partial charge in [-0.1, -0.05) is 111 Å². The molecular weight excluding hydrogens is 905 g/mol. The Morgan fingerprint density at radius 1 is 0.417 bits per heavy atom. The topological polar surface area (TPSA) is 164 Å². The van der Waals surface area contributed by atoms with E-state index in [0.717, 1.165) is 77.0 Å². The van der Waals surface area contributed by atoms with E-state index in [0.29, 0.717) is 124 Å². The molecule has 388 valence electrons. The molecule has 10 nitrogen and oxygen atoms in total. The summed E-state index contributed by atoms with van der Waals surface area (Å²) in [6, 6.07) is 13.6. The van der Waals surface area contributed by atoms with E-state index in [2.05, 4.69) is 34.3 Å². The first kappa shape index (κ1) is 56.9. The van der Waals surface area contributed by atoms with E-state index in [1.807, 2.05) is 0 Å². The van der Waals surface area contributed by atoms with Gasteiger partial charge in [-0.3, -0.25) is 19.2 Å². The van der Waals surface area contributed by atoms with Crippen molar-refractivity contribution in [1.82, 2.24) is 0 Å². The number of Topliss-reactive ketones (excluding diaryl/α,β-unsaturated/α-hetero) is 4. The number of carbonyl (C=O) groups excluding carboxylic acids is 5. The predicted molar refractivity (Wildman–Crippen MR) is 286 cm³/mol. The summed E-state index contributed by atoms with van der Waals surface area (Å²) in [5.74, 6) is -0.937. The normalized spacial score (nSPS) is 12.1. The van der Waals surface area contributed by atoms with Crippen molar-refractivity contribution in [3.8, 4) is 23.0 Å². The first-order chi connectivity index (χ1) is 34.7. The summed E-state index contributed by atoms with van der Waals surface area (Å²) in [6.45, 7) is 13.5. The minimum Gasteiger partial charge on any atom is -0.507 e. The van der Waals surface area contributed by atoms with E-state index in [1.54, 1.807) is 55.5 Å². The molecule has 8 bridgehead atoms. The summed E-state index contributed by atoms with van der Waals surface area (Å²) in [5, 5.41) is 37.0. The van der Waals surface area contributed by atoms with Gasteiger partial charge in [0.25, 0.3) is 0 Å². The number of hydrogen-bond acceptors (Lipinski definition) is 10. The number of benzene rings is 4. The van der Waals surface area contributed by atoms with E-state index >= 15 is 0 Å². The van der Waals surface area contributed by atoms with Crippen molar-refractivity contribution < 1.29 is 48.8 Å². The standard InChI is InChI=1S/C62H80O10/c1-7-11-15-19-23-54(63)42-29-46-37-48-31-43(55(64)24-20-16-12-8-2)33-50(59(48)68)39-52-35-45(57(66)26-22-18-14-10-4)36-53(61(52)71-27-28-72-62(70)41(5)6)40-51-34-44(56(65)25-21-17-13-9-3)32-49(60(51)69)38-47(30-42)58(46)67/h29-36,67-69H,5,7-28,37-40H2,1-4,6H3. The number of phenolic OH excluding ortho intramolecular Hbond substituents is 3. The quantitative estimate of drug-likeness (QED) is 0.0182. The predicted octanol–water partition coefficient (Wildman–Crippen LogP) is 14.6. The molecule has 72 heavy (non-hydrogen) atoms. The molecule has 0 fully saturated rings. The number of carbonyl (C=O) groups is 5. The van der Waals surface area contributed by atoms with Gasteiger partial charge in [0.2, 0.25) is 0 Å². The van der Waals surface area contributed by atoms with E-state index < -0.39 is 5.97 Å². The third-order valence-corrected chi connectivity index (χ3v) is 13.8. The first-order valence-corrected chi connectivity index (χ1v) is 27.0. The fourth-order valence-corrected chi connectivity index (χ4v) is 9.58. The Bertz CT molecular complexity index is 2420. The van der Waals surface area contributed by atoms with Crippen LogP contribution in [-0.2, 0) is 35.2 Å². The number of aromatic hydroxyl groups is 3. The molecule has 0 heterocycles. The molecule has 0 radical (unpaired) electrons. The average molecular weight is 985 g/mol. The third kappa shape index (κ3) is 16.2. The van der Waals surface area contributed by atoms with Crippen LogP contribution in [0, 0.1) is 0 Å². The zero-order chi connectivity index (χ0) is 52.2. The van der Waals surface area contributed by atoms with Crippen molar-refractivity contribution in [3.05, 3.63) is 127 Å². The Morgan fingerprint density at radius 3 is 0.944 bits per heavy atom. The van der Waals surface area contributed by atoms with Crippen LogP contribution in [0.2, 0.25) is 0 Å². The highest BCUT2D eigenvalue weighted by molar-refractivity contribution is 5.99. The van der Waals surface area contributed by atoms with Crippen LogP contribution in [0.4, 0.5) is 0 Å². The molecule has 4 aromatic carbocycles. The zero-order valence-corrected chi connectivity index (χ0v) is 43.9. The van der Waals surface area contributed by atoms with Crippen LogP contribution in [0.3, 0.4) is 0 Å². The summed E-state index contributed by atoms with van der Waals surface area (Å²) < 4.78 is 12.0. The molecule has 0 unspecified atom stereocenters. The van der Waals surface area contributed by atoms with Gasteiger partial charge in [0, 0.05) is 79.2 Å². The summed E-state index contributed by atoms with van der Waals surface area (Å²) in [7, 11) is 0. The van der Waals surface area contributed by atoms with Crippen LogP contribution in [0.25, 0.3) is 0 Å². The first-order valence-electron chi connectivity index (χ1n) is 27.0. The minimum atomic E-state index is -0.578. The third-order valence-electron chi connectivity index (χ3n) is 13.8. The second-order valence-electron chi connectivity index (χ2n) is 20.0. The van der Waals surface area contributed by atoms with Crippen molar-refractivity contribution in [2.45, 2.75) is 189 Å². The highest BCUT2D eigenvalue weighted by Crippen LogP contribution is 2.40. The molecular formula is C62H80O10. The van der Waals surface area contributed by atoms with Crippen LogP contribution >= 0.6 is 0 Å². The lowest BCUT2D eigenvalue weighted by Crippen LogP contribution is -2.15. The zero-order valence-electron chi connectivity index (χ0n) is 43.9. The van der Waals surface area contributed by atoms with Crippen molar-refractivity contribution in [1.29, 1.82) is 0 Å². The Kier molecular flexibility index (Phi) is 22.8. The molecule has 1 aliphatic rings. The SMILES string of the molecule is C=C(C)C(=O)OCCOc1c2cc(C(=O)CCCCCC)cc1Cc1cc(C(=O)CCCCCC)cc(c1O)Cc1cc(C(=O)CCCCCC)cc(c1O)Cc1cc(C(=O)CCCCCC)cc(c1O)C2. The fraction of sp³-hybridized carbons (Fsp3) is 0.500. The highest BCUT2D eigenvalue weighted by atomic mass is 16.6. The molecule has 1 aliphatic carbocycles. The summed E-state index contributed by atoms with van der Waals surface area (Å²) in [4.78, 5) is 68.9. The molecule has 0 saturated heterocycles. The van der Waals surface area contributed by atoms with Crippen molar-refractivity contribution in [2.24, 2.45) is 0 Å². The number of rotatable bonds is 29. The molecule has 5 rings (SSSR count). The van der Waals surface area contributed by atoms with Crippen molar-refractivity contribution in [2.75, 3.05) is 13.2 Å². The van der Waals surface area contributed by atoms with Crippen molar-refractivity contribution >= 4 is 29.1 Å². The number of unbranched alkanes of at least 4 members (excludes halogenated alkanes) is 12. The van der Waals surface area contributed by atoms with Gasteiger partial charge < -0.3 is 24.8 Å². The highest BCUT2D eigenvalue weighted by Gasteiger charge is 2.26. The van der Waals surface area contributed by atoms with Gasteiger partial charge in [0.05, 0.1) is 0 Å². The summed E-state index contributed by atoms with van der Waals surface area (Å²) in [6.07, 6.45) is 15.6.